The summed E-state index contributed by atoms with van der Waals surface area (Å²) in [4.78, 5) is 36.7. The molecule has 4 aliphatic heterocycles. The number of carbonyl (C=O) groups is 2. The van der Waals surface area contributed by atoms with Gasteiger partial charge in [-0.05, 0) is 44.5 Å². The molecule has 0 aliphatic carbocycles. The summed E-state index contributed by atoms with van der Waals surface area (Å²) in [6.07, 6.45) is 1.39. The van der Waals surface area contributed by atoms with Gasteiger partial charge in [-0.1, -0.05) is 23.8 Å². The maximum atomic E-state index is 13.2. The van der Waals surface area contributed by atoms with Gasteiger partial charge in [0.2, 0.25) is 11.8 Å². The molecule has 0 N–H and O–H groups in total. The Morgan fingerprint density at radius 3 is 2.47 bits per heavy atom. The van der Waals surface area contributed by atoms with Crippen LogP contribution in [-0.2, 0) is 16.1 Å². The lowest BCUT2D eigenvalue weighted by Crippen LogP contribution is -2.70. The van der Waals surface area contributed by atoms with Crippen LogP contribution in [0.15, 0.2) is 42.5 Å². The van der Waals surface area contributed by atoms with Crippen molar-refractivity contribution in [2.45, 2.75) is 45.3 Å². The van der Waals surface area contributed by atoms with E-state index < -0.39 is 0 Å². The molecule has 0 radical (unpaired) electrons. The van der Waals surface area contributed by atoms with Crippen molar-refractivity contribution < 1.29 is 9.59 Å². The van der Waals surface area contributed by atoms with E-state index in [0.717, 1.165) is 48.7 Å². The van der Waals surface area contributed by atoms with Crippen LogP contribution in [0.1, 0.15) is 29.8 Å². The Bertz CT molecular complexity index is 961. The largest absolute Gasteiger partial charge is 0.334 e. The van der Waals surface area contributed by atoms with Crippen molar-refractivity contribution in [3.8, 4) is 0 Å². The fraction of sp³-hybridized carbons (Fsp3) is 0.458. The van der Waals surface area contributed by atoms with E-state index >= 15 is 0 Å². The van der Waals surface area contributed by atoms with Gasteiger partial charge in [0.25, 0.3) is 0 Å². The van der Waals surface area contributed by atoms with Crippen molar-refractivity contribution in [3.05, 3.63) is 59.4 Å². The molecule has 3 unspecified atom stereocenters. The summed E-state index contributed by atoms with van der Waals surface area (Å²) in [7, 11) is 0. The van der Waals surface area contributed by atoms with Crippen LogP contribution < -0.4 is 4.90 Å². The average molecular weight is 405 g/mol. The molecular weight excluding hydrogens is 376 g/mol. The van der Waals surface area contributed by atoms with Gasteiger partial charge in [0, 0.05) is 56.1 Å². The van der Waals surface area contributed by atoms with E-state index in [9.17, 15) is 9.59 Å². The van der Waals surface area contributed by atoms with Crippen LogP contribution in [0.2, 0.25) is 0 Å². The third kappa shape index (κ3) is 3.49. The topological polar surface area (TPSA) is 56.8 Å². The fourth-order valence-electron chi connectivity index (χ4n) is 5.16. The summed E-state index contributed by atoms with van der Waals surface area (Å²) in [6, 6.07) is 14.6. The molecule has 6 heteroatoms. The number of amides is 2. The second kappa shape index (κ2) is 7.51. The fourth-order valence-corrected chi connectivity index (χ4v) is 5.16. The monoisotopic (exact) mass is 404 g/mol. The summed E-state index contributed by atoms with van der Waals surface area (Å²) in [5.41, 5.74) is 4.18. The smallest absolute Gasteiger partial charge is 0.228 e. The third-order valence-corrected chi connectivity index (χ3v) is 6.67. The molecule has 2 aromatic rings. The second-order valence-electron chi connectivity index (χ2n) is 8.99. The van der Waals surface area contributed by atoms with Crippen molar-refractivity contribution in [3.63, 3.8) is 0 Å². The standard InChI is InChI=1S/C24H28N4O2/c1-16-6-8-20(9-7-16)27-12-18(10-23(27)29)24(30)28-21-11-22(28)15-26(14-21)13-19-5-3-4-17(2)25-19/h3-9,18,21-22H,10-15H2,1-2H3. The van der Waals surface area contributed by atoms with Crippen molar-refractivity contribution in [2.75, 3.05) is 24.5 Å². The Kier molecular flexibility index (Phi) is 4.82. The first-order chi connectivity index (χ1) is 14.5. The van der Waals surface area contributed by atoms with E-state index in [1.54, 1.807) is 4.90 Å². The molecule has 2 amide bonds. The number of hydrogen-bond donors (Lipinski definition) is 0. The van der Waals surface area contributed by atoms with Crippen LogP contribution in [0.3, 0.4) is 0 Å². The van der Waals surface area contributed by atoms with Crippen molar-refractivity contribution in [2.24, 2.45) is 5.92 Å². The molecule has 3 atom stereocenters. The van der Waals surface area contributed by atoms with Gasteiger partial charge < -0.3 is 9.80 Å². The van der Waals surface area contributed by atoms with E-state index in [4.69, 9.17) is 0 Å². The lowest BCUT2D eigenvalue weighted by atomic mass is 9.85. The number of piperidine rings is 1. The molecule has 30 heavy (non-hydrogen) atoms. The van der Waals surface area contributed by atoms with Gasteiger partial charge in [0.1, 0.15) is 0 Å². The Hall–Kier alpha value is -2.73. The number of aryl methyl sites for hydroxylation is 2. The molecule has 0 spiro atoms. The highest BCUT2D eigenvalue weighted by Crippen LogP contribution is 2.36. The highest BCUT2D eigenvalue weighted by molar-refractivity contribution is 6.00. The maximum Gasteiger partial charge on any atom is 0.228 e. The number of carbonyl (C=O) groups excluding carboxylic acids is 2. The summed E-state index contributed by atoms with van der Waals surface area (Å²) in [5.74, 6) is -0.0170. The number of pyridine rings is 1. The van der Waals surface area contributed by atoms with Crippen molar-refractivity contribution >= 4 is 17.5 Å². The zero-order valence-corrected chi connectivity index (χ0v) is 17.6. The van der Waals surface area contributed by atoms with E-state index in [0.29, 0.717) is 13.0 Å². The average Bonchev–Trinajstić information content (AvgIpc) is 3.10. The van der Waals surface area contributed by atoms with Crippen molar-refractivity contribution in [1.29, 1.82) is 0 Å². The third-order valence-electron chi connectivity index (χ3n) is 6.67. The number of fused-ring (bicyclic) bond motifs is 2. The first kappa shape index (κ1) is 19.2. The molecule has 6 nitrogen and oxygen atoms in total. The predicted octanol–water partition coefficient (Wildman–Crippen LogP) is 2.54. The highest BCUT2D eigenvalue weighted by Gasteiger charge is 2.50. The van der Waals surface area contributed by atoms with Gasteiger partial charge in [-0.3, -0.25) is 19.5 Å². The number of aromatic nitrogens is 1. The number of anilines is 1. The van der Waals surface area contributed by atoms with E-state index in [1.807, 2.05) is 44.2 Å². The summed E-state index contributed by atoms with van der Waals surface area (Å²) >= 11 is 0. The number of piperazine rings is 1. The molecule has 4 fully saturated rings. The minimum Gasteiger partial charge on any atom is -0.334 e. The number of benzene rings is 1. The van der Waals surface area contributed by atoms with Crippen LogP contribution in [0.5, 0.6) is 0 Å². The van der Waals surface area contributed by atoms with Gasteiger partial charge in [-0.15, -0.1) is 0 Å². The Morgan fingerprint density at radius 1 is 1.03 bits per heavy atom. The first-order valence-electron chi connectivity index (χ1n) is 10.8. The summed E-state index contributed by atoms with van der Waals surface area (Å²) in [5, 5.41) is 0. The molecule has 0 saturated carbocycles. The van der Waals surface area contributed by atoms with Gasteiger partial charge in [-0.2, -0.15) is 0 Å². The molecule has 4 saturated heterocycles. The summed E-state index contributed by atoms with van der Waals surface area (Å²) < 4.78 is 0. The number of rotatable bonds is 4. The first-order valence-corrected chi connectivity index (χ1v) is 10.8. The van der Waals surface area contributed by atoms with Crippen LogP contribution in [0, 0.1) is 19.8 Å². The maximum absolute atomic E-state index is 13.2. The van der Waals surface area contributed by atoms with Crippen LogP contribution in [0.25, 0.3) is 0 Å². The van der Waals surface area contributed by atoms with Gasteiger partial charge in [-0.25, -0.2) is 0 Å². The van der Waals surface area contributed by atoms with Crippen LogP contribution in [-0.4, -0.2) is 58.3 Å². The van der Waals surface area contributed by atoms with Crippen LogP contribution >= 0.6 is 0 Å². The molecular formula is C24H28N4O2. The van der Waals surface area contributed by atoms with Crippen LogP contribution in [0.4, 0.5) is 5.69 Å². The lowest BCUT2D eigenvalue weighted by Gasteiger charge is -2.57. The van der Waals surface area contributed by atoms with Gasteiger partial charge >= 0.3 is 0 Å². The molecule has 1 aromatic heterocycles. The predicted molar refractivity (Wildman–Crippen MR) is 115 cm³/mol. The Morgan fingerprint density at radius 2 is 1.77 bits per heavy atom. The SMILES string of the molecule is Cc1ccc(N2CC(C(=O)N3C4CC3CN(Cc3cccc(C)n3)C4)CC2=O)cc1. The Balaban J connectivity index is 1.21. The normalized spacial score (nSPS) is 26.1. The lowest BCUT2D eigenvalue weighted by molar-refractivity contribution is -0.158. The molecule has 1 aromatic carbocycles. The molecule has 6 rings (SSSR count). The quantitative estimate of drug-likeness (QED) is 0.786. The van der Waals surface area contributed by atoms with Gasteiger partial charge in [0.05, 0.1) is 11.6 Å². The van der Waals surface area contributed by atoms with Crippen molar-refractivity contribution in [1.82, 2.24) is 14.8 Å². The highest BCUT2D eigenvalue weighted by atomic mass is 16.2. The van der Waals surface area contributed by atoms with Gasteiger partial charge in [0.15, 0.2) is 0 Å². The minimum absolute atomic E-state index is 0.0510. The number of nitrogens with zero attached hydrogens (tertiary/aromatic N) is 4. The van der Waals surface area contributed by atoms with E-state index in [1.165, 1.54) is 0 Å². The Labute approximate surface area is 177 Å². The minimum atomic E-state index is -0.228. The molecule has 156 valence electrons. The van der Waals surface area contributed by atoms with E-state index in [2.05, 4.69) is 26.9 Å². The zero-order chi connectivity index (χ0) is 20.8. The molecule has 5 heterocycles. The second-order valence-corrected chi connectivity index (χ2v) is 8.99. The summed E-state index contributed by atoms with van der Waals surface area (Å²) in [6.45, 7) is 7.15. The molecule has 4 aliphatic rings. The molecule has 2 bridgehead atoms. The number of hydrogen-bond acceptors (Lipinski definition) is 4. The zero-order valence-electron chi connectivity index (χ0n) is 17.6. The van der Waals surface area contributed by atoms with E-state index in [-0.39, 0.29) is 29.8 Å².